The molecule has 0 heterocycles. The Bertz CT molecular complexity index is 480. The van der Waals surface area contributed by atoms with E-state index in [1.165, 1.54) is 32.1 Å². The Morgan fingerprint density at radius 3 is 2.59 bits per heavy atom. The Labute approximate surface area is 137 Å². The Balaban J connectivity index is 1.76. The zero-order chi connectivity index (χ0) is 15.6. The van der Waals surface area contributed by atoms with Gasteiger partial charge in [-0.1, -0.05) is 57.6 Å². The minimum absolute atomic E-state index is 0.271. The molecule has 0 radical (unpaired) electrons. The predicted octanol–water partition coefficient (Wildman–Crippen LogP) is 5.67. The van der Waals surface area contributed by atoms with Gasteiger partial charge in [-0.3, -0.25) is 0 Å². The SMILES string of the molecule is C[N-]C1(C)CCC2C(C)CC3C=C(C)C(C)C4CCC1C2C34. The molecule has 3 fully saturated rings. The average Bonchev–Trinajstić information content (AvgIpc) is 2.51. The van der Waals surface area contributed by atoms with Gasteiger partial charge in [-0.2, -0.15) is 7.05 Å². The van der Waals surface area contributed by atoms with Crippen LogP contribution in [0.3, 0.4) is 0 Å². The minimum Gasteiger partial charge on any atom is -0.659 e. The fraction of sp³-hybridized carbons (Fsp3) is 0.905. The highest BCUT2D eigenvalue weighted by molar-refractivity contribution is 5.22. The van der Waals surface area contributed by atoms with Crippen molar-refractivity contribution in [2.45, 2.75) is 65.3 Å². The van der Waals surface area contributed by atoms with Gasteiger partial charge < -0.3 is 5.32 Å². The molecule has 0 spiro atoms. The molecule has 0 aromatic carbocycles. The first-order valence-electron chi connectivity index (χ1n) is 9.75. The van der Waals surface area contributed by atoms with E-state index in [9.17, 15) is 0 Å². The van der Waals surface area contributed by atoms with Crippen molar-refractivity contribution >= 4 is 0 Å². The summed E-state index contributed by atoms with van der Waals surface area (Å²) in [6.07, 6.45) is 9.82. The van der Waals surface area contributed by atoms with Gasteiger partial charge in [-0.05, 0) is 61.2 Å². The van der Waals surface area contributed by atoms with Crippen LogP contribution in [0.4, 0.5) is 0 Å². The maximum Gasteiger partial charge on any atom is -0.0194 e. The quantitative estimate of drug-likeness (QED) is 0.554. The van der Waals surface area contributed by atoms with Gasteiger partial charge in [0.15, 0.2) is 0 Å². The Hall–Kier alpha value is -0.300. The van der Waals surface area contributed by atoms with Crippen LogP contribution >= 0.6 is 0 Å². The van der Waals surface area contributed by atoms with Crippen molar-refractivity contribution in [3.63, 3.8) is 0 Å². The second kappa shape index (κ2) is 5.10. The summed E-state index contributed by atoms with van der Waals surface area (Å²) in [4.78, 5) is 0. The molecule has 22 heavy (non-hydrogen) atoms. The first kappa shape index (κ1) is 15.2. The summed E-state index contributed by atoms with van der Waals surface area (Å²) < 4.78 is 0. The Morgan fingerprint density at radius 2 is 1.86 bits per heavy atom. The molecule has 0 bridgehead atoms. The second-order valence-electron chi connectivity index (χ2n) is 9.36. The molecule has 0 saturated heterocycles. The molecule has 4 rings (SSSR count). The molecule has 0 aliphatic heterocycles. The van der Waals surface area contributed by atoms with E-state index in [-0.39, 0.29) is 5.54 Å². The van der Waals surface area contributed by atoms with Crippen molar-refractivity contribution in [3.05, 3.63) is 17.0 Å². The maximum atomic E-state index is 4.93. The number of rotatable bonds is 1. The van der Waals surface area contributed by atoms with Crippen LogP contribution in [0.25, 0.3) is 5.32 Å². The number of allylic oxidation sites excluding steroid dienone is 2. The minimum atomic E-state index is 0.271. The third kappa shape index (κ3) is 1.93. The van der Waals surface area contributed by atoms with Gasteiger partial charge in [-0.25, -0.2) is 0 Å². The average molecular weight is 301 g/mol. The molecule has 0 aromatic heterocycles. The van der Waals surface area contributed by atoms with Crippen LogP contribution < -0.4 is 0 Å². The van der Waals surface area contributed by atoms with Crippen molar-refractivity contribution in [2.24, 2.45) is 47.3 Å². The molecule has 1 heteroatoms. The molecule has 4 aliphatic carbocycles. The van der Waals surface area contributed by atoms with E-state index >= 15 is 0 Å². The van der Waals surface area contributed by atoms with Crippen LogP contribution in [-0.4, -0.2) is 12.6 Å². The lowest BCUT2D eigenvalue weighted by Gasteiger charge is -2.67. The van der Waals surface area contributed by atoms with Crippen LogP contribution in [0.2, 0.25) is 0 Å². The summed E-state index contributed by atoms with van der Waals surface area (Å²) in [6.45, 7) is 9.92. The van der Waals surface area contributed by atoms with E-state index in [0.717, 1.165) is 47.3 Å². The fourth-order valence-corrected chi connectivity index (χ4v) is 7.35. The molecule has 124 valence electrons. The molecule has 4 aliphatic rings. The van der Waals surface area contributed by atoms with Gasteiger partial charge in [0.05, 0.1) is 0 Å². The van der Waals surface area contributed by atoms with E-state index in [1.807, 2.05) is 0 Å². The third-order valence-corrected chi connectivity index (χ3v) is 8.71. The first-order chi connectivity index (χ1) is 10.5. The Morgan fingerprint density at radius 1 is 1.09 bits per heavy atom. The summed E-state index contributed by atoms with van der Waals surface area (Å²) in [7, 11) is 2.09. The molecule has 0 N–H and O–H groups in total. The van der Waals surface area contributed by atoms with Crippen molar-refractivity contribution in [3.8, 4) is 0 Å². The number of hydrogen-bond acceptors (Lipinski definition) is 0. The van der Waals surface area contributed by atoms with Gasteiger partial charge in [0, 0.05) is 0 Å². The fourth-order valence-electron chi connectivity index (χ4n) is 7.35. The smallest absolute Gasteiger partial charge is 0.0194 e. The molecule has 0 amide bonds. The summed E-state index contributed by atoms with van der Waals surface area (Å²) in [5.41, 5.74) is 1.96. The summed E-state index contributed by atoms with van der Waals surface area (Å²) in [5.74, 6) is 7.37. The molecule has 9 atom stereocenters. The van der Waals surface area contributed by atoms with Gasteiger partial charge in [-0.15, -0.1) is 5.54 Å². The maximum absolute atomic E-state index is 4.93. The lowest BCUT2D eigenvalue weighted by atomic mass is 9.43. The van der Waals surface area contributed by atoms with E-state index in [0.29, 0.717) is 0 Å². The summed E-state index contributed by atoms with van der Waals surface area (Å²) in [5, 5.41) is 4.93. The molecule has 1 nitrogen and oxygen atoms in total. The van der Waals surface area contributed by atoms with Crippen LogP contribution in [0.15, 0.2) is 11.6 Å². The van der Waals surface area contributed by atoms with Crippen LogP contribution in [0, 0.1) is 47.3 Å². The first-order valence-corrected chi connectivity index (χ1v) is 9.75. The zero-order valence-electron chi connectivity index (χ0n) is 15.2. The number of hydrogen-bond donors (Lipinski definition) is 0. The highest BCUT2D eigenvalue weighted by Crippen LogP contribution is 2.64. The lowest BCUT2D eigenvalue weighted by molar-refractivity contribution is -0.102. The van der Waals surface area contributed by atoms with Crippen LogP contribution in [0.5, 0.6) is 0 Å². The molecular formula is C21H34N-. The largest absolute Gasteiger partial charge is 0.659 e. The summed E-state index contributed by atoms with van der Waals surface area (Å²) in [6, 6.07) is 0. The van der Waals surface area contributed by atoms with E-state index < -0.39 is 0 Å². The molecule has 9 unspecified atom stereocenters. The zero-order valence-corrected chi connectivity index (χ0v) is 15.2. The van der Waals surface area contributed by atoms with Gasteiger partial charge >= 0.3 is 0 Å². The van der Waals surface area contributed by atoms with Gasteiger partial charge in [0.1, 0.15) is 0 Å². The predicted molar refractivity (Wildman–Crippen MR) is 93.8 cm³/mol. The third-order valence-electron chi connectivity index (χ3n) is 8.71. The molecule has 0 aromatic rings. The van der Waals surface area contributed by atoms with Crippen molar-refractivity contribution in [1.82, 2.24) is 0 Å². The normalized spacial score (nSPS) is 57.0. The lowest BCUT2D eigenvalue weighted by Crippen LogP contribution is -2.58. The molecular weight excluding hydrogens is 266 g/mol. The second-order valence-corrected chi connectivity index (χ2v) is 9.36. The van der Waals surface area contributed by atoms with E-state index in [1.54, 1.807) is 5.57 Å². The van der Waals surface area contributed by atoms with Gasteiger partial charge in [0.2, 0.25) is 0 Å². The van der Waals surface area contributed by atoms with E-state index in [2.05, 4.69) is 40.8 Å². The topological polar surface area (TPSA) is 14.1 Å². The molecule has 3 saturated carbocycles. The highest BCUT2D eigenvalue weighted by Gasteiger charge is 2.56. The monoisotopic (exact) mass is 300 g/mol. The van der Waals surface area contributed by atoms with Crippen molar-refractivity contribution < 1.29 is 0 Å². The Kier molecular flexibility index (Phi) is 3.53. The van der Waals surface area contributed by atoms with Crippen LogP contribution in [0.1, 0.15) is 59.8 Å². The summed E-state index contributed by atoms with van der Waals surface area (Å²) >= 11 is 0. The van der Waals surface area contributed by atoms with Crippen molar-refractivity contribution in [1.29, 1.82) is 0 Å². The van der Waals surface area contributed by atoms with Gasteiger partial charge in [0.25, 0.3) is 0 Å². The van der Waals surface area contributed by atoms with E-state index in [4.69, 9.17) is 5.32 Å². The standard InChI is InChI=1S/C21H34N/c1-12-10-15-11-13(2)16-8-9-21(4,22-5)18-7-6-17(14(12)3)19(15)20(16)18/h10,13-20H,6-9,11H2,1-5H3/q-1. The number of nitrogens with zero attached hydrogens (tertiary/aromatic N) is 1. The van der Waals surface area contributed by atoms with Crippen molar-refractivity contribution in [2.75, 3.05) is 7.05 Å². The highest BCUT2D eigenvalue weighted by atomic mass is 15.0. The van der Waals surface area contributed by atoms with Crippen LogP contribution in [-0.2, 0) is 0 Å².